The molecule has 254 valence electrons. The number of hydrogen-bond acceptors (Lipinski definition) is 2. The molecule has 0 saturated carbocycles. The van der Waals surface area contributed by atoms with E-state index in [-0.39, 0.29) is 12.0 Å². The van der Waals surface area contributed by atoms with Gasteiger partial charge in [0.15, 0.2) is 5.84 Å². The van der Waals surface area contributed by atoms with Crippen molar-refractivity contribution in [2.75, 3.05) is 0 Å². The molecule has 7 aromatic carbocycles. The van der Waals surface area contributed by atoms with Crippen LogP contribution in [0.3, 0.4) is 0 Å². The third-order valence-corrected chi connectivity index (χ3v) is 11.7. The molecule has 1 heterocycles. The Labute approximate surface area is 314 Å². The third-order valence-electron chi connectivity index (χ3n) is 10.1. The fourth-order valence-corrected chi connectivity index (χ4v) is 8.88. The predicted molar refractivity (Wildman–Crippen MR) is 227 cm³/mol. The predicted octanol–water partition coefficient (Wildman–Crippen LogP) is 14.2. The van der Waals surface area contributed by atoms with E-state index in [1.165, 1.54) is 31.1 Å². The minimum atomic E-state index is -0.236. The first-order valence-electron chi connectivity index (χ1n) is 18.0. The molecule has 0 saturated heterocycles. The number of nitrogens with zero attached hydrogens (tertiary/aromatic N) is 2. The lowest BCUT2D eigenvalue weighted by molar-refractivity contribution is 0.462. The van der Waals surface area contributed by atoms with Crippen LogP contribution in [0.1, 0.15) is 49.9 Å². The minimum absolute atomic E-state index is 0.191. The second-order valence-electron chi connectivity index (χ2n) is 13.4. The maximum Gasteiger partial charge on any atom is 0.155 e. The van der Waals surface area contributed by atoms with Gasteiger partial charge in [-0.05, 0) is 64.2 Å². The summed E-state index contributed by atoms with van der Waals surface area (Å²) in [5.74, 6) is 0.889. The second-order valence-corrected chi connectivity index (χ2v) is 14.9. The molecule has 0 bridgehead atoms. The van der Waals surface area contributed by atoms with Crippen molar-refractivity contribution < 1.29 is 0 Å². The molecule has 0 amide bonds. The summed E-state index contributed by atoms with van der Waals surface area (Å²) in [4.78, 5) is 11.1. The molecule has 2 nitrogen and oxygen atoms in total. The molecule has 1 unspecified atom stereocenters. The van der Waals surface area contributed by atoms with Gasteiger partial charge in [0, 0.05) is 42.4 Å². The lowest BCUT2D eigenvalue weighted by atomic mass is 9.89. The highest BCUT2D eigenvalue weighted by atomic mass is 35.5. The third kappa shape index (κ3) is 6.47. The van der Waals surface area contributed by atoms with Gasteiger partial charge in [0.1, 0.15) is 0 Å². The Morgan fingerprint density at radius 1 is 0.615 bits per heavy atom. The monoisotopic (exact) mass is 710 g/mol. The molecule has 1 aromatic heterocycles. The van der Waals surface area contributed by atoms with Crippen LogP contribution in [0.4, 0.5) is 0 Å². The van der Waals surface area contributed by atoms with E-state index in [2.05, 4.69) is 178 Å². The van der Waals surface area contributed by atoms with Gasteiger partial charge in [-0.2, -0.15) is 0 Å². The van der Waals surface area contributed by atoms with Gasteiger partial charge in [-0.15, -0.1) is 11.3 Å². The summed E-state index contributed by atoms with van der Waals surface area (Å²) in [6.07, 6.45) is 0.933. The van der Waals surface area contributed by atoms with E-state index in [0.717, 1.165) is 55.9 Å². The fourth-order valence-electron chi connectivity index (χ4n) is 7.15. The molecule has 8 aromatic rings. The molecule has 0 aliphatic rings. The van der Waals surface area contributed by atoms with Crippen molar-refractivity contribution in [2.45, 2.75) is 33.2 Å². The second kappa shape index (κ2) is 14.7. The summed E-state index contributed by atoms with van der Waals surface area (Å²) in [7, 11) is 0. The SMILES string of the molecule is CC[C@H](C)C(/N=C(\N=C(/C)c1cccc(-c2ccccc2)c1)c1cccc(-c2ccccc2)c1)c1c(Cl)c2ccccc2c2c1sc1ccccc12. The van der Waals surface area contributed by atoms with Crippen molar-refractivity contribution in [2.24, 2.45) is 15.9 Å². The molecule has 0 aliphatic carbocycles. The highest BCUT2D eigenvalue weighted by molar-refractivity contribution is 7.26. The Hall–Kier alpha value is -5.35. The molecule has 0 N–H and O–H groups in total. The van der Waals surface area contributed by atoms with Gasteiger partial charge in [0.25, 0.3) is 0 Å². The molecule has 0 fully saturated rings. The standard InChI is InChI=1S/C48H39ClN2S/c1-4-31(2)46(44-45(49)40-26-12-11-25-39(40)43-41-27-13-14-28-42(41)52-47(43)44)51-48(38-24-16-23-37(30-38)34-19-9-6-10-20-34)50-32(3)35-21-15-22-36(29-35)33-17-7-5-8-18-33/h5-31,46H,4H2,1-3H3/b50-32+,51-48-/t31-,46?/m0/s1. The van der Waals surface area contributed by atoms with Crippen molar-refractivity contribution in [1.82, 2.24) is 0 Å². The van der Waals surface area contributed by atoms with Crippen LogP contribution in [-0.4, -0.2) is 11.5 Å². The van der Waals surface area contributed by atoms with Crippen LogP contribution in [0.5, 0.6) is 0 Å². The van der Waals surface area contributed by atoms with Crippen LogP contribution in [0.2, 0.25) is 5.02 Å². The van der Waals surface area contributed by atoms with Crippen LogP contribution >= 0.6 is 22.9 Å². The average molecular weight is 711 g/mol. The first-order chi connectivity index (χ1) is 25.5. The van der Waals surface area contributed by atoms with E-state index in [4.69, 9.17) is 21.6 Å². The summed E-state index contributed by atoms with van der Waals surface area (Å²) >= 11 is 9.37. The van der Waals surface area contributed by atoms with Gasteiger partial charge in [-0.25, -0.2) is 4.99 Å². The minimum Gasteiger partial charge on any atom is -0.258 e. The number of aliphatic imine (C=N–C) groups is 2. The quantitative estimate of drug-likeness (QED) is 0.111. The van der Waals surface area contributed by atoms with Crippen molar-refractivity contribution in [3.05, 3.63) is 179 Å². The van der Waals surface area contributed by atoms with E-state index in [1.807, 2.05) is 11.3 Å². The zero-order valence-corrected chi connectivity index (χ0v) is 31.1. The molecule has 8 rings (SSSR count). The van der Waals surface area contributed by atoms with Gasteiger partial charge < -0.3 is 0 Å². The lowest BCUT2D eigenvalue weighted by Crippen LogP contribution is -2.13. The topological polar surface area (TPSA) is 24.7 Å². The Balaban J connectivity index is 1.37. The maximum atomic E-state index is 7.56. The summed E-state index contributed by atoms with van der Waals surface area (Å²) in [5.41, 5.74) is 8.63. The number of benzene rings is 7. The smallest absolute Gasteiger partial charge is 0.155 e. The van der Waals surface area contributed by atoms with Crippen LogP contribution in [-0.2, 0) is 0 Å². The van der Waals surface area contributed by atoms with Gasteiger partial charge in [-0.1, -0.05) is 171 Å². The zero-order valence-electron chi connectivity index (χ0n) is 29.6. The Kier molecular flexibility index (Phi) is 9.56. The van der Waals surface area contributed by atoms with Crippen molar-refractivity contribution >= 4 is 65.4 Å². The molecular formula is C48H39ClN2S. The van der Waals surface area contributed by atoms with Crippen LogP contribution < -0.4 is 0 Å². The van der Waals surface area contributed by atoms with Gasteiger partial charge in [0.05, 0.1) is 11.1 Å². The van der Waals surface area contributed by atoms with Gasteiger partial charge >= 0.3 is 0 Å². The number of halogens is 1. The molecule has 2 atom stereocenters. The molecule has 0 radical (unpaired) electrons. The highest BCUT2D eigenvalue weighted by Gasteiger charge is 2.28. The largest absolute Gasteiger partial charge is 0.258 e. The van der Waals surface area contributed by atoms with E-state index >= 15 is 0 Å². The number of amidine groups is 1. The summed E-state index contributed by atoms with van der Waals surface area (Å²) in [6.45, 7) is 6.62. The maximum absolute atomic E-state index is 7.56. The molecule has 0 aliphatic heterocycles. The lowest BCUT2D eigenvalue weighted by Gasteiger charge is -2.24. The highest BCUT2D eigenvalue weighted by Crippen LogP contribution is 2.49. The number of thiophene rings is 1. The van der Waals surface area contributed by atoms with E-state index in [1.54, 1.807) is 0 Å². The van der Waals surface area contributed by atoms with Gasteiger partial charge in [-0.3, -0.25) is 4.99 Å². The number of hydrogen-bond donors (Lipinski definition) is 0. The Bertz CT molecular complexity index is 2600. The first-order valence-corrected chi connectivity index (χ1v) is 19.2. The van der Waals surface area contributed by atoms with Crippen LogP contribution in [0.15, 0.2) is 168 Å². The van der Waals surface area contributed by atoms with Crippen LogP contribution in [0.25, 0.3) is 53.2 Å². The Morgan fingerprint density at radius 2 is 1.15 bits per heavy atom. The van der Waals surface area contributed by atoms with E-state index in [9.17, 15) is 0 Å². The van der Waals surface area contributed by atoms with Crippen molar-refractivity contribution in [3.63, 3.8) is 0 Å². The van der Waals surface area contributed by atoms with E-state index < -0.39 is 0 Å². The average Bonchev–Trinajstić information content (AvgIpc) is 3.60. The number of rotatable bonds is 8. The normalized spacial score (nSPS) is 13.5. The number of fused-ring (bicyclic) bond motifs is 5. The van der Waals surface area contributed by atoms with E-state index in [0.29, 0.717) is 5.84 Å². The zero-order chi connectivity index (χ0) is 35.6. The summed E-state index contributed by atoms with van der Waals surface area (Å²) in [6, 6.07) is 55.2. The molecule has 0 spiro atoms. The first kappa shape index (κ1) is 33.8. The van der Waals surface area contributed by atoms with Gasteiger partial charge in [0.2, 0.25) is 0 Å². The molecule has 52 heavy (non-hydrogen) atoms. The molecular weight excluding hydrogens is 672 g/mol. The molecule has 4 heteroatoms. The Morgan fingerprint density at radius 3 is 1.81 bits per heavy atom. The fraction of sp³-hybridized carbons (Fsp3) is 0.125. The van der Waals surface area contributed by atoms with Crippen LogP contribution in [0, 0.1) is 5.92 Å². The van der Waals surface area contributed by atoms with Crippen molar-refractivity contribution in [3.8, 4) is 22.3 Å². The van der Waals surface area contributed by atoms with Crippen molar-refractivity contribution in [1.29, 1.82) is 0 Å². The summed E-state index contributed by atoms with van der Waals surface area (Å²) < 4.78 is 2.45. The summed E-state index contributed by atoms with van der Waals surface area (Å²) in [5, 5.41) is 5.52.